The zero-order chi connectivity index (χ0) is 14.5. The number of hydrogen-bond donors (Lipinski definition) is 2. The largest absolute Gasteiger partial charge is 0.383 e. The van der Waals surface area contributed by atoms with Gasteiger partial charge in [0.2, 0.25) is 5.91 Å². The second-order valence-corrected chi connectivity index (χ2v) is 6.10. The van der Waals surface area contributed by atoms with Crippen LogP contribution in [0.4, 0.5) is 0 Å². The zero-order valence-electron chi connectivity index (χ0n) is 12.7. The predicted molar refractivity (Wildman–Crippen MR) is 76.9 cm³/mol. The van der Waals surface area contributed by atoms with Gasteiger partial charge in [0, 0.05) is 19.2 Å². The van der Waals surface area contributed by atoms with Crippen LogP contribution in [0, 0.1) is 5.92 Å². The van der Waals surface area contributed by atoms with Crippen molar-refractivity contribution in [3.8, 4) is 0 Å². The third-order valence-electron chi connectivity index (χ3n) is 4.29. The average Bonchev–Trinajstić information content (AvgIpc) is 2.36. The molecule has 0 aromatic carbocycles. The Morgan fingerprint density at radius 2 is 2.26 bits per heavy atom. The van der Waals surface area contributed by atoms with Crippen molar-refractivity contribution in [3.63, 3.8) is 0 Å². The lowest BCUT2D eigenvalue weighted by molar-refractivity contribution is -0.124. The molecule has 1 aliphatic carbocycles. The highest BCUT2D eigenvalue weighted by atomic mass is 16.5. The number of methoxy groups -OCH3 is 1. The van der Waals surface area contributed by atoms with Crippen LogP contribution in [-0.2, 0) is 9.53 Å². The van der Waals surface area contributed by atoms with Crippen molar-refractivity contribution >= 4 is 5.91 Å². The number of nitrogens with zero attached hydrogens (tertiary/aromatic N) is 1. The van der Waals surface area contributed by atoms with Gasteiger partial charge >= 0.3 is 0 Å². The summed E-state index contributed by atoms with van der Waals surface area (Å²) in [7, 11) is 5.75. The van der Waals surface area contributed by atoms with E-state index < -0.39 is 6.04 Å². The summed E-state index contributed by atoms with van der Waals surface area (Å²) >= 11 is 0. The quantitative estimate of drug-likeness (QED) is 0.742. The summed E-state index contributed by atoms with van der Waals surface area (Å²) in [6, 6.07) is -0.578. The fourth-order valence-electron chi connectivity index (χ4n) is 3.00. The molecule has 1 saturated carbocycles. The fraction of sp³-hybridized carbons (Fsp3) is 0.929. The first-order chi connectivity index (χ1) is 8.91. The Kier molecular flexibility index (Phi) is 6.23. The minimum absolute atomic E-state index is 0.0696. The zero-order valence-corrected chi connectivity index (χ0v) is 12.7. The molecule has 0 bridgehead atoms. The summed E-state index contributed by atoms with van der Waals surface area (Å²) in [4.78, 5) is 14.1. The molecule has 1 rings (SSSR count). The molecule has 0 saturated heterocycles. The maximum atomic E-state index is 11.9. The van der Waals surface area contributed by atoms with E-state index in [1.807, 2.05) is 0 Å². The van der Waals surface area contributed by atoms with Crippen LogP contribution in [0.3, 0.4) is 0 Å². The Balaban J connectivity index is 2.57. The minimum atomic E-state index is -0.578. The molecule has 1 fully saturated rings. The number of ether oxygens (including phenoxy) is 1. The Bertz CT molecular complexity index is 296. The van der Waals surface area contributed by atoms with Crippen LogP contribution in [-0.4, -0.2) is 56.7 Å². The minimum Gasteiger partial charge on any atom is -0.383 e. The Morgan fingerprint density at radius 1 is 1.58 bits per heavy atom. The van der Waals surface area contributed by atoms with Gasteiger partial charge in [0.15, 0.2) is 0 Å². The molecular weight excluding hydrogens is 242 g/mol. The van der Waals surface area contributed by atoms with E-state index in [-0.39, 0.29) is 18.1 Å². The van der Waals surface area contributed by atoms with Crippen LogP contribution in [0.15, 0.2) is 0 Å². The van der Waals surface area contributed by atoms with Crippen molar-refractivity contribution < 1.29 is 9.53 Å². The molecule has 0 aromatic rings. The first-order valence-electron chi connectivity index (χ1n) is 7.11. The molecule has 0 radical (unpaired) electrons. The van der Waals surface area contributed by atoms with Crippen molar-refractivity contribution in [2.45, 2.75) is 44.2 Å². The van der Waals surface area contributed by atoms with Crippen LogP contribution in [0.2, 0.25) is 0 Å². The Hall–Kier alpha value is -0.650. The lowest BCUT2D eigenvalue weighted by atomic mass is 9.75. The molecule has 0 aliphatic heterocycles. The highest BCUT2D eigenvalue weighted by Gasteiger charge is 2.37. The van der Waals surface area contributed by atoms with E-state index in [9.17, 15) is 4.79 Å². The maximum absolute atomic E-state index is 11.9. The van der Waals surface area contributed by atoms with E-state index >= 15 is 0 Å². The Labute approximate surface area is 116 Å². The number of amides is 1. The second-order valence-electron chi connectivity index (χ2n) is 6.10. The smallest absolute Gasteiger partial charge is 0.239 e. The van der Waals surface area contributed by atoms with E-state index in [0.29, 0.717) is 12.5 Å². The molecule has 0 heterocycles. The lowest BCUT2D eigenvalue weighted by Gasteiger charge is -2.45. The molecule has 0 aromatic heterocycles. The van der Waals surface area contributed by atoms with Gasteiger partial charge in [0.25, 0.3) is 0 Å². The monoisotopic (exact) mass is 271 g/mol. The fourth-order valence-corrected chi connectivity index (χ4v) is 3.00. The third-order valence-corrected chi connectivity index (χ3v) is 4.29. The summed E-state index contributed by atoms with van der Waals surface area (Å²) in [5.74, 6) is 0.585. The molecule has 5 nitrogen and oxygen atoms in total. The van der Waals surface area contributed by atoms with E-state index in [4.69, 9.17) is 10.5 Å². The summed E-state index contributed by atoms with van der Waals surface area (Å²) in [6.45, 7) is 3.22. The Morgan fingerprint density at radius 3 is 2.79 bits per heavy atom. The molecule has 1 amide bonds. The summed E-state index contributed by atoms with van der Waals surface area (Å²) in [5, 5.41) is 2.99. The SMILES string of the molecule is COCC(N)C(=O)NCC1(N(C)C)CCCC(C)C1. The van der Waals surface area contributed by atoms with Gasteiger partial charge in [-0.15, -0.1) is 0 Å². The van der Waals surface area contributed by atoms with Gasteiger partial charge in [0.1, 0.15) is 6.04 Å². The van der Waals surface area contributed by atoms with Gasteiger partial charge in [-0.25, -0.2) is 0 Å². The standard InChI is InChI=1S/C14H29N3O2/c1-11-6-5-7-14(8-11,17(2)3)10-16-13(18)12(15)9-19-4/h11-12H,5-10,15H2,1-4H3,(H,16,18). The first kappa shape index (κ1) is 16.4. The van der Waals surface area contributed by atoms with Gasteiger partial charge < -0.3 is 20.7 Å². The highest BCUT2D eigenvalue weighted by Crippen LogP contribution is 2.35. The van der Waals surface area contributed by atoms with Crippen molar-refractivity contribution in [2.24, 2.45) is 11.7 Å². The molecule has 112 valence electrons. The highest BCUT2D eigenvalue weighted by molar-refractivity contribution is 5.81. The van der Waals surface area contributed by atoms with Crippen LogP contribution in [0.5, 0.6) is 0 Å². The first-order valence-corrected chi connectivity index (χ1v) is 7.11. The van der Waals surface area contributed by atoms with Crippen LogP contribution < -0.4 is 11.1 Å². The van der Waals surface area contributed by atoms with Crippen LogP contribution >= 0.6 is 0 Å². The van der Waals surface area contributed by atoms with Crippen LogP contribution in [0.1, 0.15) is 32.6 Å². The van der Waals surface area contributed by atoms with E-state index in [0.717, 1.165) is 12.8 Å². The molecule has 3 unspecified atom stereocenters. The van der Waals surface area contributed by atoms with Crippen molar-refractivity contribution in [2.75, 3.05) is 34.4 Å². The van der Waals surface area contributed by atoms with E-state index in [1.54, 1.807) is 7.11 Å². The maximum Gasteiger partial charge on any atom is 0.239 e. The number of likely N-dealkylation sites (N-methyl/N-ethyl adjacent to an activating group) is 1. The van der Waals surface area contributed by atoms with E-state index in [1.165, 1.54) is 12.8 Å². The summed E-state index contributed by atoms with van der Waals surface area (Å²) < 4.78 is 4.91. The molecule has 3 atom stereocenters. The predicted octanol–water partition coefficient (Wildman–Crippen LogP) is 0.587. The van der Waals surface area contributed by atoms with Gasteiger partial charge in [-0.2, -0.15) is 0 Å². The number of nitrogens with two attached hydrogens (primary N) is 1. The number of rotatable bonds is 6. The van der Waals surface area contributed by atoms with Crippen LogP contribution in [0.25, 0.3) is 0 Å². The lowest BCUT2D eigenvalue weighted by Crippen LogP contribution is -2.57. The summed E-state index contributed by atoms with van der Waals surface area (Å²) in [6.07, 6.45) is 4.76. The van der Waals surface area contributed by atoms with Gasteiger partial charge in [-0.3, -0.25) is 4.79 Å². The average molecular weight is 271 g/mol. The van der Waals surface area contributed by atoms with Crippen molar-refractivity contribution in [1.29, 1.82) is 0 Å². The molecular formula is C14H29N3O2. The summed E-state index contributed by atoms with van der Waals surface area (Å²) in [5.41, 5.74) is 5.81. The molecule has 3 N–H and O–H groups in total. The number of nitrogens with one attached hydrogen (secondary N) is 1. The second kappa shape index (κ2) is 7.22. The van der Waals surface area contributed by atoms with Gasteiger partial charge in [0.05, 0.1) is 6.61 Å². The third kappa shape index (κ3) is 4.44. The number of carbonyl (C=O) groups is 1. The normalized spacial score (nSPS) is 29.3. The number of carbonyl (C=O) groups excluding carboxylic acids is 1. The van der Waals surface area contributed by atoms with Gasteiger partial charge in [-0.05, 0) is 32.9 Å². The molecule has 19 heavy (non-hydrogen) atoms. The van der Waals surface area contributed by atoms with Gasteiger partial charge in [-0.1, -0.05) is 19.8 Å². The van der Waals surface area contributed by atoms with Crippen molar-refractivity contribution in [3.05, 3.63) is 0 Å². The molecule has 1 aliphatic rings. The van der Waals surface area contributed by atoms with E-state index in [2.05, 4.69) is 31.2 Å². The van der Waals surface area contributed by atoms with Crippen molar-refractivity contribution in [1.82, 2.24) is 10.2 Å². The number of hydrogen-bond acceptors (Lipinski definition) is 4. The molecule has 0 spiro atoms. The molecule has 5 heteroatoms. The topological polar surface area (TPSA) is 67.6 Å².